The van der Waals surface area contributed by atoms with Crippen LogP contribution in [0.3, 0.4) is 0 Å². The number of imidazole rings is 1. The molecule has 0 saturated carbocycles. The van der Waals surface area contributed by atoms with Gasteiger partial charge in [0.05, 0.1) is 30.7 Å². The number of rotatable bonds is 9. The quantitative estimate of drug-likeness (QED) is 0.271. The number of carbonyl (C=O) groups excluding carboxylic acids is 1. The van der Waals surface area contributed by atoms with E-state index in [0.717, 1.165) is 16.9 Å². The summed E-state index contributed by atoms with van der Waals surface area (Å²) in [6, 6.07) is 9.15. The van der Waals surface area contributed by atoms with Gasteiger partial charge in [-0.25, -0.2) is 29.5 Å². The van der Waals surface area contributed by atoms with Gasteiger partial charge in [0.2, 0.25) is 0 Å². The first kappa shape index (κ1) is 26.2. The Hall–Kier alpha value is -4.02. The highest BCUT2D eigenvalue weighted by molar-refractivity contribution is 7.11. The molecule has 14 nitrogen and oxygen atoms in total. The zero-order valence-corrected chi connectivity index (χ0v) is 22.0. The van der Waals surface area contributed by atoms with E-state index in [2.05, 4.69) is 30.6 Å². The minimum absolute atomic E-state index is 0.00605. The van der Waals surface area contributed by atoms with E-state index < -0.39 is 42.8 Å². The maximum atomic E-state index is 12.1. The van der Waals surface area contributed by atoms with Crippen LogP contribution in [-0.2, 0) is 25.6 Å². The number of carbonyl (C=O) groups is 2. The van der Waals surface area contributed by atoms with Crippen LogP contribution in [0.15, 0.2) is 48.5 Å². The number of urea groups is 1. The van der Waals surface area contributed by atoms with Gasteiger partial charge in [-0.1, -0.05) is 30.3 Å². The number of aromatic carboxylic acids is 1. The summed E-state index contributed by atoms with van der Waals surface area (Å²) in [5.74, 6) is -0.793. The summed E-state index contributed by atoms with van der Waals surface area (Å²) in [6.07, 6.45) is -0.0118. The van der Waals surface area contributed by atoms with Crippen molar-refractivity contribution >= 4 is 40.3 Å². The molecule has 4 aromatic rings. The van der Waals surface area contributed by atoms with Crippen molar-refractivity contribution in [3.63, 3.8) is 0 Å². The molecule has 0 radical (unpaired) electrons. The van der Waals surface area contributed by atoms with Crippen molar-refractivity contribution in [3.05, 3.63) is 64.6 Å². The number of benzene rings is 1. The number of carboxylic acids is 1. The van der Waals surface area contributed by atoms with Crippen molar-refractivity contribution in [1.29, 1.82) is 0 Å². The largest absolute Gasteiger partial charge is 0.477 e. The van der Waals surface area contributed by atoms with E-state index >= 15 is 0 Å². The number of fused-ring (bicyclic) bond motifs is 2. The number of amides is 2. The van der Waals surface area contributed by atoms with Crippen LogP contribution in [0, 0.1) is 0 Å². The molecule has 4 unspecified atom stereocenters. The zero-order chi connectivity index (χ0) is 27.6. The van der Waals surface area contributed by atoms with Gasteiger partial charge in [0.25, 0.3) is 0 Å². The van der Waals surface area contributed by atoms with Crippen molar-refractivity contribution in [3.8, 4) is 0 Å². The van der Waals surface area contributed by atoms with Crippen LogP contribution in [0.2, 0.25) is 0 Å². The molecule has 2 aliphatic heterocycles. The molecule has 1 aromatic carbocycles. The summed E-state index contributed by atoms with van der Waals surface area (Å²) in [5.41, 5.74) is 3.50. The molecule has 208 valence electrons. The average molecular weight is 568 g/mol. The van der Waals surface area contributed by atoms with E-state index in [1.54, 1.807) is 10.9 Å². The smallest absolute Gasteiger partial charge is 0.347 e. The van der Waals surface area contributed by atoms with E-state index in [4.69, 9.17) is 18.9 Å². The molecule has 3 aromatic heterocycles. The van der Waals surface area contributed by atoms with Gasteiger partial charge >= 0.3 is 12.0 Å². The van der Waals surface area contributed by atoms with Crippen LogP contribution in [0.4, 0.5) is 10.6 Å². The monoisotopic (exact) mass is 567 g/mol. The van der Waals surface area contributed by atoms with Crippen molar-refractivity contribution in [2.45, 2.75) is 44.4 Å². The fourth-order valence-corrected chi connectivity index (χ4v) is 5.35. The number of anilines is 1. The number of hydrogen-bond acceptors (Lipinski definition) is 11. The minimum atomic E-state index is -1.05. The van der Waals surface area contributed by atoms with Crippen LogP contribution in [0.1, 0.15) is 40.4 Å². The van der Waals surface area contributed by atoms with Gasteiger partial charge in [0, 0.05) is 12.1 Å². The fraction of sp³-hybridized carbons (Fsp3) is 0.360. The van der Waals surface area contributed by atoms with E-state index in [9.17, 15) is 14.7 Å². The fourth-order valence-electron chi connectivity index (χ4n) is 4.72. The lowest BCUT2D eigenvalue weighted by atomic mass is 10.1. The van der Waals surface area contributed by atoms with Gasteiger partial charge in [0.1, 0.15) is 29.5 Å². The van der Waals surface area contributed by atoms with Crippen molar-refractivity contribution in [1.82, 2.24) is 29.8 Å². The zero-order valence-electron chi connectivity index (χ0n) is 21.2. The lowest BCUT2D eigenvalue weighted by Crippen LogP contribution is -2.31. The summed E-state index contributed by atoms with van der Waals surface area (Å²) >= 11 is 1.04. The molecular formula is C25H25N7O7S. The Morgan fingerprint density at radius 1 is 1.10 bits per heavy atom. The van der Waals surface area contributed by atoms with E-state index in [0.29, 0.717) is 23.4 Å². The number of carboxylic acid groups (broad SMARTS) is 1. The Balaban J connectivity index is 1.25. The molecule has 2 fully saturated rings. The SMILES string of the molecule is CCNC(=O)Nc1ncnc2c1ncn2C1OC(COCc2ncsc2C(=O)O)C2O[C@H](c3ccccc3)OC21. The number of nitrogens with zero attached hydrogens (tertiary/aromatic N) is 5. The van der Waals surface area contributed by atoms with Gasteiger partial charge < -0.3 is 29.4 Å². The first-order chi connectivity index (χ1) is 19.5. The summed E-state index contributed by atoms with van der Waals surface area (Å²) in [7, 11) is 0. The Labute approximate surface area is 231 Å². The molecule has 15 heteroatoms. The summed E-state index contributed by atoms with van der Waals surface area (Å²) < 4.78 is 26.6. The molecule has 2 aliphatic rings. The van der Waals surface area contributed by atoms with E-state index in [1.807, 2.05) is 37.3 Å². The Bertz CT molecular complexity index is 1510. The molecule has 0 aliphatic carbocycles. The lowest BCUT2D eigenvalue weighted by molar-refractivity contribution is -0.158. The maximum absolute atomic E-state index is 12.1. The molecule has 5 atom stereocenters. The predicted molar refractivity (Wildman–Crippen MR) is 140 cm³/mol. The number of aromatic nitrogens is 5. The molecule has 2 saturated heterocycles. The van der Waals surface area contributed by atoms with E-state index in [-0.39, 0.29) is 23.9 Å². The lowest BCUT2D eigenvalue weighted by Gasteiger charge is -2.21. The second-order valence-electron chi connectivity index (χ2n) is 8.99. The third kappa shape index (κ3) is 5.00. The first-order valence-corrected chi connectivity index (χ1v) is 13.4. The molecule has 40 heavy (non-hydrogen) atoms. The van der Waals surface area contributed by atoms with Crippen LogP contribution in [-0.4, -0.2) is 73.1 Å². The second kappa shape index (κ2) is 11.2. The first-order valence-electron chi connectivity index (χ1n) is 12.5. The Morgan fingerprint density at radius 2 is 1.93 bits per heavy atom. The van der Waals surface area contributed by atoms with Crippen LogP contribution in [0.25, 0.3) is 11.2 Å². The van der Waals surface area contributed by atoms with Crippen LogP contribution >= 0.6 is 11.3 Å². The summed E-state index contributed by atoms with van der Waals surface area (Å²) in [4.78, 5) is 40.8. The van der Waals surface area contributed by atoms with Gasteiger partial charge in [-0.15, -0.1) is 11.3 Å². The standard InChI is InChI=1S/C25H25N7O7S/c1-2-26-25(35)31-20-16-21(28-10-27-20)32(11-29-16)22-18-17(38-24(39-18)13-6-4-3-5-7-13)15(37-22)9-36-8-14-19(23(33)34)40-12-30-14/h3-7,10-12,15,17-18,22,24H,2,8-9H2,1H3,(H,33,34)(H2,26,27,28,31,35)/t15?,17?,18?,22?,24-/m0/s1. The van der Waals surface area contributed by atoms with E-state index in [1.165, 1.54) is 11.8 Å². The molecule has 3 N–H and O–H groups in total. The topological polar surface area (TPSA) is 172 Å². The highest BCUT2D eigenvalue weighted by Crippen LogP contribution is 2.45. The predicted octanol–water partition coefficient (Wildman–Crippen LogP) is 2.72. The van der Waals surface area contributed by atoms with Gasteiger partial charge in [-0.05, 0) is 6.92 Å². The molecule has 6 rings (SSSR count). The molecule has 2 amide bonds. The summed E-state index contributed by atoms with van der Waals surface area (Å²) in [6.45, 7) is 2.37. The minimum Gasteiger partial charge on any atom is -0.477 e. The highest BCUT2D eigenvalue weighted by Gasteiger charge is 2.54. The molecule has 0 spiro atoms. The van der Waals surface area contributed by atoms with Crippen molar-refractivity contribution < 1.29 is 33.6 Å². The summed E-state index contributed by atoms with van der Waals surface area (Å²) in [5, 5.41) is 14.7. The highest BCUT2D eigenvalue weighted by atomic mass is 32.1. The van der Waals surface area contributed by atoms with Crippen molar-refractivity contribution in [2.75, 3.05) is 18.5 Å². The van der Waals surface area contributed by atoms with Crippen LogP contribution < -0.4 is 10.6 Å². The average Bonchev–Trinajstić information content (AvgIpc) is 3.74. The Kier molecular flexibility index (Phi) is 7.36. The number of thiazole rings is 1. The Morgan fingerprint density at radius 3 is 2.73 bits per heavy atom. The molecule has 0 bridgehead atoms. The van der Waals surface area contributed by atoms with Crippen molar-refractivity contribution in [2.24, 2.45) is 0 Å². The maximum Gasteiger partial charge on any atom is 0.347 e. The van der Waals surface area contributed by atoms with Gasteiger partial charge in [0.15, 0.2) is 29.5 Å². The number of hydrogen-bond donors (Lipinski definition) is 3. The third-order valence-electron chi connectivity index (χ3n) is 6.48. The second-order valence-corrected chi connectivity index (χ2v) is 9.84. The normalized spacial score (nSPS) is 23.8. The van der Waals surface area contributed by atoms with Gasteiger partial charge in [-0.2, -0.15) is 0 Å². The number of nitrogens with one attached hydrogen (secondary N) is 2. The van der Waals surface area contributed by atoms with Gasteiger partial charge in [-0.3, -0.25) is 9.88 Å². The third-order valence-corrected chi connectivity index (χ3v) is 7.33. The number of ether oxygens (including phenoxy) is 4. The molecular weight excluding hydrogens is 542 g/mol. The molecule has 5 heterocycles. The van der Waals surface area contributed by atoms with Crippen LogP contribution in [0.5, 0.6) is 0 Å².